The summed E-state index contributed by atoms with van der Waals surface area (Å²) in [5.74, 6) is -0.320. The Morgan fingerprint density at radius 2 is 1.05 bits per heavy atom. The third-order valence-electron chi connectivity index (χ3n) is 9.72. The molecule has 9 heteroatoms. The van der Waals surface area contributed by atoms with E-state index in [2.05, 4.69) is 50.3 Å². The second-order valence-electron chi connectivity index (χ2n) is 16.4. The Kier molecular flexibility index (Phi) is 38.6. The molecule has 1 N–H and O–H groups in total. The van der Waals surface area contributed by atoms with Crippen LogP contribution in [-0.4, -0.2) is 75.6 Å². The molecule has 0 aliphatic heterocycles. The van der Waals surface area contributed by atoms with Crippen LogP contribution in [0.1, 0.15) is 194 Å². The predicted molar refractivity (Wildman–Crippen MR) is 233 cm³/mol. The molecule has 0 heterocycles. The normalized spacial score (nSPS) is 14.1. The van der Waals surface area contributed by atoms with E-state index < -0.39 is 13.9 Å². The van der Waals surface area contributed by atoms with Crippen molar-refractivity contribution in [3.05, 3.63) is 36.5 Å². The van der Waals surface area contributed by atoms with Crippen LogP contribution in [-0.2, 0) is 27.9 Å². The van der Waals surface area contributed by atoms with Gasteiger partial charge < -0.3 is 18.9 Å². The second kappa shape index (κ2) is 39.5. The number of carbonyl (C=O) groups excluding carboxylic acids is 1. The molecule has 0 aliphatic carbocycles. The summed E-state index contributed by atoms with van der Waals surface area (Å²) in [5.41, 5.74) is 0. The standard InChI is InChI=1S/C46H88NO7P/c1-6-8-10-12-14-16-18-20-22-23-24-25-26-27-29-31-33-35-37-39-46(48)54-45(44-53-55(49,50)52-42-40-47(3,4)5)43-51-41-38-36-34-32-30-28-21-19-17-15-13-11-9-7-2/h9,11,15,17,21,28,45H,6-8,10,12-14,16,18-20,22-27,29-44H2,1-5H3/p+1/b11-9-,17-15-,28-21-. The average molecular weight is 799 g/mol. The topological polar surface area (TPSA) is 91.3 Å². The van der Waals surface area contributed by atoms with Crippen molar-refractivity contribution in [2.75, 3.05) is 54.1 Å². The average Bonchev–Trinajstić information content (AvgIpc) is 3.13. The number of nitrogens with zero attached hydrogens (tertiary/aromatic N) is 1. The van der Waals surface area contributed by atoms with Crippen LogP contribution < -0.4 is 0 Å². The minimum Gasteiger partial charge on any atom is -0.457 e. The lowest BCUT2D eigenvalue weighted by atomic mass is 10.0. The summed E-state index contributed by atoms with van der Waals surface area (Å²) in [7, 11) is 1.65. The molecule has 0 aromatic carbocycles. The van der Waals surface area contributed by atoms with E-state index in [4.69, 9.17) is 18.5 Å². The fourth-order valence-corrected chi connectivity index (χ4v) is 6.96. The summed E-state index contributed by atoms with van der Waals surface area (Å²) in [5, 5.41) is 0. The predicted octanol–water partition coefficient (Wildman–Crippen LogP) is 13.4. The third kappa shape index (κ3) is 43.7. The number of esters is 1. The highest BCUT2D eigenvalue weighted by atomic mass is 31.2. The van der Waals surface area contributed by atoms with Gasteiger partial charge in [-0.05, 0) is 44.9 Å². The number of unbranched alkanes of at least 4 members (excludes halogenated alkanes) is 22. The fourth-order valence-electron chi connectivity index (χ4n) is 6.21. The highest BCUT2D eigenvalue weighted by Crippen LogP contribution is 2.43. The van der Waals surface area contributed by atoms with Crippen molar-refractivity contribution in [1.82, 2.24) is 0 Å². The summed E-state index contributed by atoms with van der Waals surface area (Å²) < 4.78 is 35.0. The number of allylic oxidation sites excluding steroid dienone is 6. The quantitative estimate of drug-likeness (QED) is 0.0216. The molecule has 324 valence electrons. The van der Waals surface area contributed by atoms with Gasteiger partial charge in [-0.2, -0.15) is 0 Å². The number of phosphoric ester groups is 1. The Labute approximate surface area is 340 Å². The number of likely N-dealkylation sites (N-methyl/N-ethyl adjacent to an activating group) is 1. The van der Waals surface area contributed by atoms with Crippen LogP contribution in [0.4, 0.5) is 0 Å². The maximum Gasteiger partial charge on any atom is 0.472 e. The molecule has 2 unspecified atom stereocenters. The minimum absolute atomic E-state index is 0.0847. The Morgan fingerprint density at radius 1 is 0.582 bits per heavy atom. The maximum atomic E-state index is 12.7. The van der Waals surface area contributed by atoms with Gasteiger partial charge in [0.25, 0.3) is 0 Å². The minimum atomic E-state index is -4.28. The molecular weight excluding hydrogens is 709 g/mol. The molecule has 0 saturated heterocycles. The van der Waals surface area contributed by atoms with Crippen LogP contribution in [0.2, 0.25) is 0 Å². The molecule has 0 rings (SSSR count). The monoisotopic (exact) mass is 799 g/mol. The Balaban J connectivity index is 4.20. The first kappa shape index (κ1) is 53.7. The molecular formula is C46H89NO7P+. The molecule has 0 aromatic heterocycles. The van der Waals surface area contributed by atoms with Gasteiger partial charge in [-0.15, -0.1) is 0 Å². The number of quaternary nitrogens is 1. The van der Waals surface area contributed by atoms with E-state index >= 15 is 0 Å². The van der Waals surface area contributed by atoms with Crippen molar-refractivity contribution in [2.24, 2.45) is 0 Å². The summed E-state index contributed by atoms with van der Waals surface area (Å²) in [6.45, 7) is 5.48. The molecule has 55 heavy (non-hydrogen) atoms. The summed E-state index contributed by atoms with van der Waals surface area (Å²) in [6, 6.07) is 0. The highest BCUT2D eigenvalue weighted by Gasteiger charge is 2.26. The van der Waals surface area contributed by atoms with E-state index in [1.165, 1.54) is 103 Å². The first-order chi connectivity index (χ1) is 26.6. The van der Waals surface area contributed by atoms with E-state index in [1.54, 1.807) is 0 Å². The van der Waals surface area contributed by atoms with E-state index in [9.17, 15) is 14.3 Å². The van der Waals surface area contributed by atoms with Crippen LogP contribution in [0, 0.1) is 0 Å². The summed E-state index contributed by atoms with van der Waals surface area (Å²) in [4.78, 5) is 22.9. The highest BCUT2D eigenvalue weighted by molar-refractivity contribution is 7.47. The maximum absolute atomic E-state index is 12.7. The van der Waals surface area contributed by atoms with Crippen LogP contribution in [0.3, 0.4) is 0 Å². The van der Waals surface area contributed by atoms with Crippen molar-refractivity contribution >= 4 is 13.8 Å². The number of hydrogen-bond donors (Lipinski definition) is 1. The lowest BCUT2D eigenvalue weighted by Gasteiger charge is -2.24. The Morgan fingerprint density at radius 3 is 1.58 bits per heavy atom. The van der Waals surface area contributed by atoms with Crippen LogP contribution in [0.25, 0.3) is 0 Å². The molecule has 0 fully saturated rings. The molecule has 2 atom stereocenters. The molecule has 0 aromatic rings. The molecule has 0 saturated carbocycles. The van der Waals surface area contributed by atoms with E-state index in [-0.39, 0.29) is 25.8 Å². The fraction of sp³-hybridized carbons (Fsp3) is 0.848. The van der Waals surface area contributed by atoms with Gasteiger partial charge in [0.05, 0.1) is 34.4 Å². The van der Waals surface area contributed by atoms with Crippen molar-refractivity contribution in [3.8, 4) is 0 Å². The first-order valence-corrected chi connectivity index (χ1v) is 24.2. The summed E-state index contributed by atoms with van der Waals surface area (Å²) in [6.07, 6.45) is 46.1. The third-order valence-corrected chi connectivity index (χ3v) is 10.7. The van der Waals surface area contributed by atoms with Gasteiger partial charge in [0.2, 0.25) is 0 Å². The number of phosphoric acid groups is 1. The number of rotatable bonds is 42. The SMILES string of the molecule is CC/C=C\C/C=C\C/C=C\CCCCCCOCC(COP(=O)(O)OCC[N+](C)(C)C)OC(=O)CCCCCCCCCCCCCCCCCCCCC. The van der Waals surface area contributed by atoms with E-state index in [0.717, 1.165) is 70.6 Å². The molecule has 0 amide bonds. The second-order valence-corrected chi connectivity index (χ2v) is 17.9. The molecule has 0 radical (unpaired) electrons. The zero-order chi connectivity index (χ0) is 40.6. The smallest absolute Gasteiger partial charge is 0.457 e. The van der Waals surface area contributed by atoms with Crippen molar-refractivity contribution in [1.29, 1.82) is 0 Å². The van der Waals surface area contributed by atoms with Crippen LogP contribution in [0.5, 0.6) is 0 Å². The van der Waals surface area contributed by atoms with Crippen LogP contribution in [0.15, 0.2) is 36.5 Å². The van der Waals surface area contributed by atoms with E-state index in [0.29, 0.717) is 24.1 Å². The molecule has 0 spiro atoms. The zero-order valence-corrected chi connectivity index (χ0v) is 37.6. The van der Waals surface area contributed by atoms with Gasteiger partial charge in [-0.25, -0.2) is 4.57 Å². The summed E-state index contributed by atoms with van der Waals surface area (Å²) >= 11 is 0. The number of carbonyl (C=O) groups is 1. The van der Waals surface area contributed by atoms with Crippen molar-refractivity contribution in [3.63, 3.8) is 0 Å². The lowest BCUT2D eigenvalue weighted by Crippen LogP contribution is -2.37. The number of hydrogen-bond acceptors (Lipinski definition) is 6. The van der Waals surface area contributed by atoms with Gasteiger partial charge in [0.15, 0.2) is 0 Å². The molecule has 0 aliphatic rings. The number of ether oxygens (including phenoxy) is 2. The lowest BCUT2D eigenvalue weighted by molar-refractivity contribution is -0.870. The van der Waals surface area contributed by atoms with E-state index in [1.807, 2.05) is 21.1 Å². The molecule has 8 nitrogen and oxygen atoms in total. The van der Waals surface area contributed by atoms with Gasteiger partial charge in [0, 0.05) is 13.0 Å². The zero-order valence-electron chi connectivity index (χ0n) is 36.7. The molecule has 0 bridgehead atoms. The van der Waals surface area contributed by atoms with Crippen LogP contribution >= 0.6 is 7.82 Å². The van der Waals surface area contributed by atoms with Gasteiger partial charge >= 0.3 is 13.8 Å². The van der Waals surface area contributed by atoms with Gasteiger partial charge in [0.1, 0.15) is 19.3 Å². The van der Waals surface area contributed by atoms with Crippen molar-refractivity contribution < 1.29 is 37.3 Å². The van der Waals surface area contributed by atoms with Crippen molar-refractivity contribution in [2.45, 2.75) is 200 Å². The Bertz CT molecular complexity index is 978. The Hall–Kier alpha value is -1.28. The van der Waals surface area contributed by atoms with Gasteiger partial charge in [-0.3, -0.25) is 13.8 Å². The van der Waals surface area contributed by atoms with Gasteiger partial charge in [-0.1, -0.05) is 179 Å². The first-order valence-electron chi connectivity index (χ1n) is 22.7. The largest absolute Gasteiger partial charge is 0.472 e.